The molecular weight excluding hydrogens is 162 g/mol. The first kappa shape index (κ1) is 10.2. The van der Waals surface area contributed by atoms with Crippen LogP contribution < -0.4 is 5.73 Å². The fourth-order valence-electron chi connectivity index (χ4n) is 0.492. The zero-order valence-corrected chi connectivity index (χ0v) is 8.23. The van der Waals surface area contributed by atoms with E-state index in [9.17, 15) is 0 Å². The van der Waals surface area contributed by atoms with Crippen molar-refractivity contribution in [3.63, 3.8) is 0 Å². The molecule has 2 N–H and O–H groups in total. The van der Waals surface area contributed by atoms with Gasteiger partial charge in [-0.3, -0.25) is 0 Å². The molecule has 0 saturated heterocycles. The van der Waals surface area contributed by atoms with Gasteiger partial charge < -0.3 is 5.73 Å². The number of nitrogens with two attached hydrogens (primary N) is 1. The van der Waals surface area contributed by atoms with Crippen molar-refractivity contribution in [3.8, 4) is 0 Å². The monoisotopic (exact) mass is 177 g/mol. The van der Waals surface area contributed by atoms with Crippen molar-refractivity contribution in [2.45, 2.75) is 20.3 Å². The van der Waals surface area contributed by atoms with E-state index >= 15 is 0 Å². The van der Waals surface area contributed by atoms with Crippen LogP contribution in [0.3, 0.4) is 0 Å². The first-order valence-electron chi connectivity index (χ1n) is 3.49. The van der Waals surface area contributed by atoms with Gasteiger partial charge in [0.15, 0.2) is 0 Å². The molecule has 3 heteroatoms. The van der Waals surface area contributed by atoms with Crippen molar-refractivity contribution < 1.29 is 0 Å². The predicted molar refractivity (Wildman–Crippen MR) is 53.6 cm³/mol. The van der Waals surface area contributed by atoms with E-state index in [2.05, 4.69) is 13.8 Å². The number of rotatable bonds is 5. The Morgan fingerprint density at radius 2 is 2.20 bits per heavy atom. The summed E-state index contributed by atoms with van der Waals surface area (Å²) in [7, 11) is 0. The van der Waals surface area contributed by atoms with E-state index in [-0.39, 0.29) is 0 Å². The molecule has 0 atom stereocenters. The third kappa shape index (κ3) is 8.24. The van der Waals surface area contributed by atoms with Crippen LogP contribution in [-0.2, 0) is 0 Å². The molecule has 0 fully saturated rings. The fourth-order valence-corrected chi connectivity index (χ4v) is 1.73. The van der Waals surface area contributed by atoms with Crippen LogP contribution in [0.1, 0.15) is 20.3 Å². The van der Waals surface area contributed by atoms with Gasteiger partial charge >= 0.3 is 0 Å². The molecule has 0 aliphatic heterocycles. The van der Waals surface area contributed by atoms with Gasteiger partial charge in [0.05, 0.1) is 4.99 Å². The van der Waals surface area contributed by atoms with Crippen LogP contribution in [0.2, 0.25) is 0 Å². The normalized spacial score (nSPS) is 10.3. The van der Waals surface area contributed by atoms with Gasteiger partial charge in [0, 0.05) is 6.42 Å². The molecule has 0 aromatic carbocycles. The van der Waals surface area contributed by atoms with E-state index in [1.807, 2.05) is 11.8 Å². The van der Waals surface area contributed by atoms with E-state index in [0.29, 0.717) is 4.99 Å². The molecule has 0 spiro atoms. The van der Waals surface area contributed by atoms with Crippen LogP contribution >= 0.6 is 24.0 Å². The van der Waals surface area contributed by atoms with Crippen LogP contribution in [0.5, 0.6) is 0 Å². The largest absolute Gasteiger partial charge is 0.393 e. The minimum atomic E-state index is 0.635. The van der Waals surface area contributed by atoms with Crippen molar-refractivity contribution >= 4 is 29.0 Å². The lowest BCUT2D eigenvalue weighted by molar-refractivity contribution is 0.750. The van der Waals surface area contributed by atoms with Gasteiger partial charge in [0.2, 0.25) is 0 Å². The van der Waals surface area contributed by atoms with Crippen molar-refractivity contribution in [1.29, 1.82) is 0 Å². The molecule has 0 heterocycles. The zero-order chi connectivity index (χ0) is 7.98. The SMILES string of the molecule is CC(C)CSCCC(N)=S. The second kappa shape index (κ2) is 5.98. The smallest absolute Gasteiger partial charge is 0.0735 e. The minimum Gasteiger partial charge on any atom is -0.393 e. The predicted octanol–water partition coefficient (Wildman–Crippen LogP) is 2.05. The summed E-state index contributed by atoms with van der Waals surface area (Å²) in [6.07, 6.45) is 0.882. The van der Waals surface area contributed by atoms with Crippen molar-refractivity contribution in [3.05, 3.63) is 0 Å². The molecule has 60 valence electrons. The molecular formula is C7H15NS2. The van der Waals surface area contributed by atoms with E-state index in [1.54, 1.807) is 0 Å². The maximum Gasteiger partial charge on any atom is 0.0735 e. The number of thioether (sulfide) groups is 1. The summed E-state index contributed by atoms with van der Waals surface area (Å²) in [5.41, 5.74) is 5.33. The Hall–Kier alpha value is 0.240. The Balaban J connectivity index is 2.98. The first-order valence-corrected chi connectivity index (χ1v) is 5.05. The molecule has 0 aromatic rings. The molecule has 0 saturated carbocycles. The quantitative estimate of drug-likeness (QED) is 0.514. The van der Waals surface area contributed by atoms with Gasteiger partial charge in [-0.15, -0.1) is 0 Å². The summed E-state index contributed by atoms with van der Waals surface area (Å²) in [4.78, 5) is 0.635. The average Bonchev–Trinajstić information content (AvgIpc) is 1.79. The lowest BCUT2D eigenvalue weighted by Crippen LogP contribution is -2.08. The van der Waals surface area contributed by atoms with Gasteiger partial charge in [-0.2, -0.15) is 11.8 Å². The molecule has 0 aliphatic carbocycles. The lowest BCUT2D eigenvalue weighted by atomic mass is 10.3. The number of hydrogen-bond acceptors (Lipinski definition) is 2. The third-order valence-electron chi connectivity index (χ3n) is 0.944. The lowest BCUT2D eigenvalue weighted by Gasteiger charge is -2.02. The zero-order valence-electron chi connectivity index (χ0n) is 6.59. The van der Waals surface area contributed by atoms with Crippen LogP contribution in [0.15, 0.2) is 0 Å². The van der Waals surface area contributed by atoms with Gasteiger partial charge in [0.25, 0.3) is 0 Å². The van der Waals surface area contributed by atoms with Crippen molar-refractivity contribution in [1.82, 2.24) is 0 Å². The molecule has 0 amide bonds. The van der Waals surface area contributed by atoms with Crippen LogP contribution in [0.25, 0.3) is 0 Å². The van der Waals surface area contributed by atoms with E-state index in [0.717, 1.165) is 18.1 Å². The maximum absolute atomic E-state index is 5.33. The first-order chi connectivity index (χ1) is 4.63. The Morgan fingerprint density at radius 1 is 1.60 bits per heavy atom. The highest BCUT2D eigenvalue weighted by Crippen LogP contribution is 2.08. The summed E-state index contributed by atoms with van der Waals surface area (Å²) in [6, 6.07) is 0. The van der Waals surface area contributed by atoms with Crippen molar-refractivity contribution in [2.24, 2.45) is 11.7 Å². The van der Waals surface area contributed by atoms with E-state index in [1.165, 1.54) is 5.75 Å². The van der Waals surface area contributed by atoms with E-state index < -0.39 is 0 Å². The summed E-state index contributed by atoms with van der Waals surface area (Å²) in [5.74, 6) is 3.06. The molecule has 1 nitrogen and oxygen atoms in total. The Morgan fingerprint density at radius 3 is 2.60 bits per heavy atom. The minimum absolute atomic E-state index is 0.635. The summed E-state index contributed by atoms with van der Waals surface area (Å²) < 4.78 is 0. The second-order valence-electron chi connectivity index (χ2n) is 2.69. The molecule has 0 bridgehead atoms. The Bertz CT molecular complexity index is 102. The third-order valence-corrected chi connectivity index (χ3v) is 2.54. The van der Waals surface area contributed by atoms with Gasteiger partial charge in [-0.25, -0.2) is 0 Å². The number of hydrogen-bond donors (Lipinski definition) is 1. The molecule has 10 heavy (non-hydrogen) atoms. The highest BCUT2D eigenvalue weighted by molar-refractivity contribution is 7.99. The molecule has 0 aliphatic rings. The van der Waals surface area contributed by atoms with Gasteiger partial charge in [0.1, 0.15) is 0 Å². The standard InChI is InChI=1S/C7H15NS2/c1-6(2)5-10-4-3-7(8)9/h6H,3-5H2,1-2H3,(H2,8,9). The second-order valence-corrected chi connectivity index (χ2v) is 4.36. The van der Waals surface area contributed by atoms with Crippen LogP contribution in [0.4, 0.5) is 0 Å². The molecule has 0 rings (SSSR count). The maximum atomic E-state index is 5.33. The van der Waals surface area contributed by atoms with Crippen molar-refractivity contribution in [2.75, 3.05) is 11.5 Å². The Kier molecular flexibility index (Phi) is 6.13. The summed E-state index contributed by atoms with van der Waals surface area (Å²) in [5, 5.41) is 0. The summed E-state index contributed by atoms with van der Waals surface area (Å²) >= 11 is 6.66. The highest BCUT2D eigenvalue weighted by Gasteiger charge is 1.94. The van der Waals surface area contributed by atoms with Crippen LogP contribution in [-0.4, -0.2) is 16.5 Å². The Labute approximate surface area is 72.8 Å². The van der Waals surface area contributed by atoms with Gasteiger partial charge in [-0.05, 0) is 17.4 Å². The average molecular weight is 177 g/mol. The molecule has 0 unspecified atom stereocenters. The van der Waals surface area contributed by atoms with Crippen LogP contribution in [0, 0.1) is 5.92 Å². The highest BCUT2D eigenvalue weighted by atomic mass is 32.2. The van der Waals surface area contributed by atoms with E-state index in [4.69, 9.17) is 18.0 Å². The molecule has 0 aromatic heterocycles. The molecule has 0 radical (unpaired) electrons. The van der Waals surface area contributed by atoms with Gasteiger partial charge in [-0.1, -0.05) is 26.1 Å². The fraction of sp³-hybridized carbons (Fsp3) is 0.857. The topological polar surface area (TPSA) is 26.0 Å². The number of thiocarbonyl (C=S) groups is 1. The summed E-state index contributed by atoms with van der Waals surface area (Å²) in [6.45, 7) is 4.43.